The SMILES string of the molecule is COc1cc(N)ccc1NC(=O)C(C)CSC. The van der Waals surface area contributed by atoms with Gasteiger partial charge in [0, 0.05) is 23.4 Å². The van der Waals surface area contributed by atoms with E-state index >= 15 is 0 Å². The molecule has 0 saturated carbocycles. The summed E-state index contributed by atoms with van der Waals surface area (Å²) in [5, 5.41) is 2.84. The average molecular weight is 254 g/mol. The minimum Gasteiger partial charge on any atom is -0.494 e. The first kappa shape index (κ1) is 13.7. The van der Waals surface area contributed by atoms with E-state index in [1.165, 1.54) is 0 Å². The van der Waals surface area contributed by atoms with E-state index in [1.807, 2.05) is 13.2 Å². The molecule has 0 bridgehead atoms. The van der Waals surface area contributed by atoms with Crippen LogP contribution in [0.1, 0.15) is 6.92 Å². The van der Waals surface area contributed by atoms with Crippen LogP contribution in [-0.4, -0.2) is 25.0 Å². The largest absolute Gasteiger partial charge is 0.494 e. The van der Waals surface area contributed by atoms with Gasteiger partial charge in [0.1, 0.15) is 5.75 Å². The van der Waals surface area contributed by atoms with Gasteiger partial charge in [-0.25, -0.2) is 0 Å². The molecule has 17 heavy (non-hydrogen) atoms. The number of hydrogen-bond donors (Lipinski definition) is 2. The van der Waals surface area contributed by atoms with E-state index in [-0.39, 0.29) is 11.8 Å². The smallest absolute Gasteiger partial charge is 0.228 e. The summed E-state index contributed by atoms with van der Waals surface area (Å²) in [6.07, 6.45) is 1.98. The molecule has 0 aliphatic rings. The van der Waals surface area contributed by atoms with Crippen LogP contribution in [0, 0.1) is 5.92 Å². The number of nitrogen functional groups attached to an aromatic ring is 1. The number of carbonyl (C=O) groups excluding carboxylic acids is 1. The molecule has 5 heteroatoms. The first-order valence-electron chi connectivity index (χ1n) is 5.31. The van der Waals surface area contributed by atoms with E-state index in [9.17, 15) is 4.79 Å². The van der Waals surface area contributed by atoms with Gasteiger partial charge in [-0.1, -0.05) is 6.92 Å². The Hall–Kier alpha value is -1.36. The van der Waals surface area contributed by atoms with Crippen LogP contribution in [0.2, 0.25) is 0 Å². The number of carbonyl (C=O) groups is 1. The molecular weight excluding hydrogens is 236 g/mol. The maximum absolute atomic E-state index is 11.8. The molecule has 1 aromatic rings. The van der Waals surface area contributed by atoms with E-state index in [4.69, 9.17) is 10.5 Å². The Kier molecular flexibility index (Phi) is 5.15. The van der Waals surface area contributed by atoms with Gasteiger partial charge in [0.05, 0.1) is 12.8 Å². The second kappa shape index (κ2) is 6.39. The van der Waals surface area contributed by atoms with Gasteiger partial charge in [0.25, 0.3) is 0 Å². The van der Waals surface area contributed by atoms with Crippen molar-refractivity contribution in [1.82, 2.24) is 0 Å². The first-order valence-corrected chi connectivity index (χ1v) is 6.71. The Bertz CT molecular complexity index is 396. The van der Waals surface area contributed by atoms with Crippen molar-refractivity contribution in [2.24, 2.45) is 5.92 Å². The molecule has 1 aromatic carbocycles. The fourth-order valence-electron chi connectivity index (χ4n) is 1.39. The summed E-state index contributed by atoms with van der Waals surface area (Å²) in [7, 11) is 1.55. The third kappa shape index (κ3) is 3.85. The maximum Gasteiger partial charge on any atom is 0.228 e. The third-order valence-electron chi connectivity index (χ3n) is 2.35. The predicted octanol–water partition coefficient (Wildman–Crippen LogP) is 2.21. The summed E-state index contributed by atoms with van der Waals surface area (Å²) in [4.78, 5) is 11.8. The van der Waals surface area contributed by atoms with Crippen molar-refractivity contribution in [3.05, 3.63) is 18.2 Å². The van der Waals surface area contributed by atoms with Crippen molar-refractivity contribution >= 4 is 29.0 Å². The molecule has 4 nitrogen and oxygen atoms in total. The molecule has 0 spiro atoms. The maximum atomic E-state index is 11.8. The van der Waals surface area contributed by atoms with Crippen molar-refractivity contribution in [2.75, 3.05) is 30.2 Å². The highest BCUT2D eigenvalue weighted by atomic mass is 32.2. The number of methoxy groups -OCH3 is 1. The van der Waals surface area contributed by atoms with Crippen molar-refractivity contribution < 1.29 is 9.53 Å². The first-order chi connectivity index (χ1) is 8.08. The summed E-state index contributed by atoms with van der Waals surface area (Å²) < 4.78 is 5.17. The number of benzene rings is 1. The van der Waals surface area contributed by atoms with Crippen LogP contribution < -0.4 is 15.8 Å². The quantitative estimate of drug-likeness (QED) is 0.791. The molecule has 1 amide bonds. The lowest BCUT2D eigenvalue weighted by Crippen LogP contribution is -2.22. The lowest BCUT2D eigenvalue weighted by molar-refractivity contribution is -0.118. The van der Waals surface area contributed by atoms with Gasteiger partial charge in [-0.3, -0.25) is 4.79 Å². The molecule has 0 heterocycles. The molecule has 3 N–H and O–H groups in total. The molecule has 0 aliphatic heterocycles. The second-order valence-electron chi connectivity index (χ2n) is 3.81. The molecule has 94 valence electrons. The zero-order chi connectivity index (χ0) is 12.8. The fourth-order valence-corrected chi connectivity index (χ4v) is 2.04. The van der Waals surface area contributed by atoms with Gasteiger partial charge < -0.3 is 15.8 Å². The standard InChI is InChI=1S/C12H18N2O2S/c1-8(7-17-3)12(15)14-10-5-4-9(13)6-11(10)16-2/h4-6,8H,7,13H2,1-3H3,(H,14,15). The van der Waals surface area contributed by atoms with Gasteiger partial charge in [-0.05, 0) is 18.4 Å². The topological polar surface area (TPSA) is 64.3 Å². The lowest BCUT2D eigenvalue weighted by atomic mass is 10.2. The molecule has 1 unspecified atom stereocenters. The Morgan fingerprint density at radius 1 is 1.59 bits per heavy atom. The summed E-state index contributed by atoms with van der Waals surface area (Å²) in [5.41, 5.74) is 6.91. The number of hydrogen-bond acceptors (Lipinski definition) is 4. The van der Waals surface area contributed by atoms with E-state index in [0.29, 0.717) is 17.1 Å². The van der Waals surface area contributed by atoms with Gasteiger partial charge in [0.2, 0.25) is 5.91 Å². The number of anilines is 2. The number of nitrogens with two attached hydrogens (primary N) is 1. The zero-order valence-electron chi connectivity index (χ0n) is 10.3. The molecule has 0 radical (unpaired) electrons. The van der Waals surface area contributed by atoms with Crippen molar-refractivity contribution in [2.45, 2.75) is 6.92 Å². The summed E-state index contributed by atoms with van der Waals surface area (Å²) in [5.74, 6) is 1.33. The minimum atomic E-state index is -0.0349. The summed E-state index contributed by atoms with van der Waals surface area (Å²) in [6.45, 7) is 1.90. The zero-order valence-corrected chi connectivity index (χ0v) is 11.1. The minimum absolute atomic E-state index is 0.0116. The number of nitrogens with one attached hydrogen (secondary N) is 1. The van der Waals surface area contributed by atoms with Crippen LogP contribution in [0.4, 0.5) is 11.4 Å². The Labute approximate surface area is 106 Å². The fraction of sp³-hybridized carbons (Fsp3) is 0.417. The van der Waals surface area contributed by atoms with Crippen LogP contribution in [0.15, 0.2) is 18.2 Å². The van der Waals surface area contributed by atoms with E-state index in [0.717, 1.165) is 5.75 Å². The molecule has 0 aliphatic carbocycles. The van der Waals surface area contributed by atoms with Crippen LogP contribution in [0.5, 0.6) is 5.75 Å². The van der Waals surface area contributed by atoms with Crippen LogP contribution in [-0.2, 0) is 4.79 Å². The molecule has 1 atom stereocenters. The van der Waals surface area contributed by atoms with Crippen molar-refractivity contribution in [1.29, 1.82) is 0 Å². The van der Waals surface area contributed by atoms with Gasteiger partial charge >= 0.3 is 0 Å². The normalized spacial score (nSPS) is 11.9. The van der Waals surface area contributed by atoms with Gasteiger partial charge in [-0.15, -0.1) is 0 Å². The molecule has 0 saturated heterocycles. The predicted molar refractivity (Wildman–Crippen MR) is 73.6 cm³/mol. The molecule has 1 rings (SSSR count). The number of rotatable bonds is 5. The van der Waals surface area contributed by atoms with E-state index < -0.39 is 0 Å². The second-order valence-corrected chi connectivity index (χ2v) is 4.72. The summed E-state index contributed by atoms with van der Waals surface area (Å²) >= 11 is 1.65. The van der Waals surface area contributed by atoms with Crippen LogP contribution in [0.3, 0.4) is 0 Å². The Morgan fingerprint density at radius 2 is 2.29 bits per heavy atom. The number of ether oxygens (including phenoxy) is 1. The van der Waals surface area contributed by atoms with Gasteiger partial charge in [0.15, 0.2) is 0 Å². The van der Waals surface area contributed by atoms with E-state index in [2.05, 4.69) is 5.32 Å². The average Bonchev–Trinajstić information content (AvgIpc) is 2.31. The van der Waals surface area contributed by atoms with Crippen molar-refractivity contribution in [3.8, 4) is 5.75 Å². The van der Waals surface area contributed by atoms with Crippen molar-refractivity contribution in [3.63, 3.8) is 0 Å². The molecular formula is C12H18N2O2S. The number of thioether (sulfide) groups is 1. The van der Waals surface area contributed by atoms with E-state index in [1.54, 1.807) is 37.1 Å². The lowest BCUT2D eigenvalue weighted by Gasteiger charge is -2.13. The van der Waals surface area contributed by atoms with Crippen LogP contribution >= 0.6 is 11.8 Å². The molecule has 0 aromatic heterocycles. The highest BCUT2D eigenvalue weighted by Crippen LogP contribution is 2.27. The van der Waals surface area contributed by atoms with Crippen LogP contribution in [0.25, 0.3) is 0 Å². The summed E-state index contributed by atoms with van der Waals surface area (Å²) in [6, 6.07) is 5.17. The highest BCUT2D eigenvalue weighted by molar-refractivity contribution is 7.98. The highest BCUT2D eigenvalue weighted by Gasteiger charge is 2.14. The third-order valence-corrected chi connectivity index (χ3v) is 3.18. The number of amides is 1. The molecule has 0 fully saturated rings. The monoisotopic (exact) mass is 254 g/mol. The Balaban J connectivity index is 2.77. The Morgan fingerprint density at radius 3 is 2.88 bits per heavy atom. The van der Waals surface area contributed by atoms with Gasteiger partial charge in [-0.2, -0.15) is 11.8 Å².